The third kappa shape index (κ3) is 4.08. The van der Waals surface area contributed by atoms with Crippen LogP contribution in [-0.4, -0.2) is 70.3 Å². The maximum absolute atomic E-state index is 5.53. The zero-order valence-corrected chi connectivity index (χ0v) is 19.5. The van der Waals surface area contributed by atoms with E-state index in [1.165, 1.54) is 12.8 Å². The van der Waals surface area contributed by atoms with E-state index < -0.39 is 0 Å². The quantitative estimate of drug-likeness (QED) is 0.462. The summed E-state index contributed by atoms with van der Waals surface area (Å²) >= 11 is 0. The predicted molar refractivity (Wildman–Crippen MR) is 133 cm³/mol. The molecule has 1 saturated heterocycles. The van der Waals surface area contributed by atoms with Gasteiger partial charge < -0.3 is 19.8 Å². The van der Waals surface area contributed by atoms with Gasteiger partial charge in [-0.3, -0.25) is 9.88 Å². The second-order valence-electron chi connectivity index (χ2n) is 9.24. The van der Waals surface area contributed by atoms with Gasteiger partial charge in [-0.1, -0.05) is 6.07 Å². The first kappa shape index (κ1) is 21.3. The van der Waals surface area contributed by atoms with E-state index >= 15 is 0 Å². The van der Waals surface area contributed by atoms with Gasteiger partial charge in [0.1, 0.15) is 23.5 Å². The van der Waals surface area contributed by atoms with Crippen LogP contribution in [0.5, 0.6) is 5.75 Å². The van der Waals surface area contributed by atoms with E-state index in [4.69, 9.17) is 9.47 Å². The van der Waals surface area contributed by atoms with Crippen molar-refractivity contribution >= 4 is 27.8 Å². The molecule has 1 aromatic carbocycles. The molecule has 1 saturated carbocycles. The average molecular weight is 459 g/mol. The van der Waals surface area contributed by atoms with Gasteiger partial charge in [-0.05, 0) is 49.4 Å². The number of H-pyrrole nitrogens is 1. The van der Waals surface area contributed by atoms with Crippen molar-refractivity contribution in [3.8, 4) is 16.9 Å². The molecular formula is C26H30N6O2. The highest BCUT2D eigenvalue weighted by Gasteiger charge is 2.27. The molecule has 1 aliphatic heterocycles. The number of hydrogen-bond donors (Lipinski definition) is 2. The first-order valence-electron chi connectivity index (χ1n) is 12.1. The van der Waals surface area contributed by atoms with Gasteiger partial charge in [0.15, 0.2) is 0 Å². The van der Waals surface area contributed by atoms with Crippen molar-refractivity contribution < 1.29 is 9.47 Å². The lowest BCUT2D eigenvalue weighted by Crippen LogP contribution is -2.46. The molecule has 0 radical (unpaired) electrons. The maximum atomic E-state index is 5.53. The number of hydrogen-bond acceptors (Lipinski definition) is 7. The largest absolute Gasteiger partial charge is 0.495 e. The molecular weight excluding hydrogens is 428 g/mol. The summed E-state index contributed by atoms with van der Waals surface area (Å²) in [4.78, 5) is 19.6. The summed E-state index contributed by atoms with van der Waals surface area (Å²) in [6, 6.07) is 9.50. The minimum absolute atomic E-state index is 0.422. The number of aromatic nitrogens is 4. The molecule has 1 aliphatic carbocycles. The van der Waals surface area contributed by atoms with Crippen LogP contribution in [0, 0.1) is 0 Å². The maximum Gasteiger partial charge on any atom is 0.143 e. The predicted octanol–water partition coefficient (Wildman–Crippen LogP) is 4.24. The molecule has 3 aromatic heterocycles. The lowest BCUT2D eigenvalue weighted by molar-refractivity contribution is 0.00791. The topological polar surface area (TPSA) is 88.2 Å². The monoisotopic (exact) mass is 458 g/mol. The van der Waals surface area contributed by atoms with E-state index in [0.29, 0.717) is 12.1 Å². The Hall–Kier alpha value is -3.23. The molecule has 4 heterocycles. The molecule has 8 nitrogen and oxygen atoms in total. The molecule has 176 valence electrons. The Kier molecular flexibility index (Phi) is 5.76. The number of benzene rings is 1. The molecule has 0 atom stereocenters. The van der Waals surface area contributed by atoms with Gasteiger partial charge >= 0.3 is 0 Å². The number of fused-ring (bicyclic) bond motifs is 3. The van der Waals surface area contributed by atoms with Crippen molar-refractivity contribution in [3.63, 3.8) is 0 Å². The summed E-state index contributed by atoms with van der Waals surface area (Å²) < 4.78 is 10.9. The highest BCUT2D eigenvalue weighted by Crippen LogP contribution is 2.34. The molecule has 0 spiro atoms. The Morgan fingerprint density at radius 2 is 1.88 bits per heavy atom. The molecule has 8 heteroatoms. The minimum Gasteiger partial charge on any atom is -0.495 e. The van der Waals surface area contributed by atoms with E-state index in [9.17, 15) is 0 Å². The average Bonchev–Trinajstić information content (AvgIpc) is 3.28. The summed E-state index contributed by atoms with van der Waals surface area (Å²) in [5, 5.41) is 5.91. The summed E-state index contributed by atoms with van der Waals surface area (Å²) in [7, 11) is 1.66. The van der Waals surface area contributed by atoms with Crippen molar-refractivity contribution in [1.29, 1.82) is 0 Å². The van der Waals surface area contributed by atoms with Crippen molar-refractivity contribution in [2.24, 2.45) is 0 Å². The van der Waals surface area contributed by atoms with Gasteiger partial charge in [0.05, 0.1) is 31.9 Å². The summed E-state index contributed by atoms with van der Waals surface area (Å²) in [5.41, 5.74) is 4.01. The lowest BCUT2D eigenvalue weighted by Gasteiger charge is -2.39. The summed E-state index contributed by atoms with van der Waals surface area (Å²) in [5.74, 6) is 1.65. The third-order valence-electron chi connectivity index (χ3n) is 7.27. The number of rotatable bonds is 5. The first-order valence-corrected chi connectivity index (χ1v) is 12.1. The number of morpholine rings is 1. The Morgan fingerprint density at radius 3 is 2.71 bits per heavy atom. The zero-order valence-electron chi connectivity index (χ0n) is 19.5. The van der Waals surface area contributed by atoms with Crippen LogP contribution >= 0.6 is 0 Å². The second-order valence-corrected chi connectivity index (χ2v) is 9.24. The molecule has 2 aliphatic rings. The van der Waals surface area contributed by atoms with E-state index in [1.54, 1.807) is 19.6 Å². The van der Waals surface area contributed by atoms with Gasteiger partial charge in [0.25, 0.3) is 0 Å². The standard InChI is InChI=1S/C26H30N6O2/c1-33-21-12-18(14-27-15-21)17-2-7-23-22(13-17)24-25(28-16-29-26(24)31-23)30-19-3-5-20(6-4-19)32-8-10-34-11-9-32/h2,7,12-16,19-20H,3-6,8-11H2,1H3,(H2,28,29,30,31)/t19-,20-. The highest BCUT2D eigenvalue weighted by atomic mass is 16.5. The SMILES string of the molecule is COc1cncc(-c2ccc3[nH]c4ncnc(N[C@H]5CC[C@H](N6CCOCC6)CC5)c4c3c2)c1. The van der Waals surface area contributed by atoms with Crippen LogP contribution in [-0.2, 0) is 4.74 Å². The number of anilines is 1. The molecule has 4 aromatic rings. The van der Waals surface area contributed by atoms with Gasteiger partial charge in [0.2, 0.25) is 0 Å². The highest BCUT2D eigenvalue weighted by molar-refractivity contribution is 6.12. The molecule has 6 rings (SSSR count). The van der Waals surface area contributed by atoms with E-state index in [2.05, 4.69) is 48.4 Å². The van der Waals surface area contributed by atoms with Gasteiger partial charge in [-0.25, -0.2) is 9.97 Å². The van der Waals surface area contributed by atoms with Crippen LogP contribution in [0.25, 0.3) is 33.1 Å². The first-order chi connectivity index (χ1) is 16.8. The van der Waals surface area contributed by atoms with Crippen molar-refractivity contribution in [3.05, 3.63) is 43.0 Å². The Labute approximate surface area is 198 Å². The number of ether oxygens (including phenoxy) is 2. The summed E-state index contributed by atoms with van der Waals surface area (Å²) in [6.07, 6.45) is 9.96. The Balaban J connectivity index is 1.27. The van der Waals surface area contributed by atoms with Crippen molar-refractivity contribution in [2.45, 2.75) is 37.8 Å². The number of aromatic amines is 1. The number of nitrogens with zero attached hydrogens (tertiary/aromatic N) is 4. The van der Waals surface area contributed by atoms with Gasteiger partial charge in [0, 0.05) is 47.8 Å². The van der Waals surface area contributed by atoms with E-state index in [1.807, 2.05) is 12.3 Å². The van der Waals surface area contributed by atoms with Gasteiger partial charge in [-0.15, -0.1) is 0 Å². The number of nitrogens with one attached hydrogen (secondary N) is 2. The van der Waals surface area contributed by atoms with Crippen LogP contribution in [0.1, 0.15) is 25.7 Å². The third-order valence-corrected chi connectivity index (χ3v) is 7.27. The number of methoxy groups -OCH3 is 1. The van der Waals surface area contributed by atoms with Crippen LogP contribution in [0.15, 0.2) is 43.0 Å². The molecule has 0 amide bonds. The fourth-order valence-electron chi connectivity index (χ4n) is 5.42. The normalized spacial score (nSPS) is 21.7. The Bertz CT molecular complexity index is 1290. The fraction of sp³-hybridized carbons (Fsp3) is 0.423. The fourth-order valence-corrected chi connectivity index (χ4v) is 5.42. The van der Waals surface area contributed by atoms with Crippen molar-refractivity contribution in [2.75, 3.05) is 38.7 Å². The Morgan fingerprint density at radius 1 is 1.03 bits per heavy atom. The van der Waals surface area contributed by atoms with E-state index in [-0.39, 0.29) is 0 Å². The molecule has 34 heavy (non-hydrogen) atoms. The lowest BCUT2D eigenvalue weighted by atomic mass is 9.90. The minimum atomic E-state index is 0.422. The molecule has 0 bridgehead atoms. The molecule has 2 N–H and O–H groups in total. The van der Waals surface area contributed by atoms with Crippen LogP contribution in [0.3, 0.4) is 0 Å². The van der Waals surface area contributed by atoms with Crippen LogP contribution in [0.2, 0.25) is 0 Å². The zero-order chi connectivity index (χ0) is 22.9. The summed E-state index contributed by atoms with van der Waals surface area (Å²) in [6.45, 7) is 3.86. The van der Waals surface area contributed by atoms with Crippen LogP contribution in [0.4, 0.5) is 5.82 Å². The van der Waals surface area contributed by atoms with Crippen LogP contribution < -0.4 is 10.1 Å². The second kappa shape index (κ2) is 9.19. The van der Waals surface area contributed by atoms with Crippen molar-refractivity contribution in [1.82, 2.24) is 24.8 Å². The molecule has 0 unspecified atom stereocenters. The molecule has 2 fully saturated rings. The van der Waals surface area contributed by atoms with E-state index in [0.717, 1.165) is 83.8 Å². The number of pyridine rings is 1. The smallest absolute Gasteiger partial charge is 0.143 e. The van der Waals surface area contributed by atoms with Gasteiger partial charge in [-0.2, -0.15) is 0 Å².